The van der Waals surface area contributed by atoms with Crippen LogP contribution in [-0.2, 0) is 9.53 Å². The first-order chi connectivity index (χ1) is 8.83. The van der Waals surface area contributed by atoms with Gasteiger partial charge in [-0.1, -0.05) is 12.1 Å². The van der Waals surface area contributed by atoms with Crippen molar-refractivity contribution in [2.24, 2.45) is 0 Å². The van der Waals surface area contributed by atoms with E-state index in [1.54, 1.807) is 0 Å². The largest absolute Gasteiger partial charge is 0.381 e. The molecule has 1 fully saturated rings. The molecule has 1 amide bonds. The van der Waals surface area contributed by atoms with Gasteiger partial charge >= 0.3 is 0 Å². The summed E-state index contributed by atoms with van der Waals surface area (Å²) >= 11 is 0. The van der Waals surface area contributed by atoms with Crippen LogP contribution in [-0.4, -0.2) is 37.7 Å². The van der Waals surface area contributed by atoms with Crippen LogP contribution in [0.2, 0.25) is 0 Å². The summed E-state index contributed by atoms with van der Waals surface area (Å²) in [6, 6.07) is 7.85. The van der Waals surface area contributed by atoms with Crippen LogP contribution >= 0.6 is 0 Å². The molecule has 0 aromatic heterocycles. The number of carbonyl (C=O) groups is 1. The third kappa shape index (κ3) is 2.26. The Kier molecular flexibility index (Phi) is 3.06. The van der Waals surface area contributed by atoms with Crippen molar-refractivity contribution in [2.75, 3.05) is 30.4 Å². The van der Waals surface area contributed by atoms with Crippen molar-refractivity contribution in [1.82, 2.24) is 5.32 Å². The Morgan fingerprint density at radius 1 is 1.33 bits per heavy atom. The van der Waals surface area contributed by atoms with E-state index in [4.69, 9.17) is 4.74 Å². The molecule has 2 atom stereocenters. The molecule has 96 valence electrons. The van der Waals surface area contributed by atoms with Crippen LogP contribution in [0.1, 0.15) is 6.42 Å². The summed E-state index contributed by atoms with van der Waals surface area (Å²) in [5.41, 5.74) is 2.03. The average Bonchev–Trinajstić information content (AvgIpc) is 2.91. The lowest BCUT2D eigenvalue weighted by atomic mass is 10.1. The van der Waals surface area contributed by atoms with Gasteiger partial charge in [-0.25, -0.2) is 0 Å². The van der Waals surface area contributed by atoms with Crippen LogP contribution < -0.4 is 16.0 Å². The molecule has 2 aliphatic rings. The van der Waals surface area contributed by atoms with Crippen LogP contribution in [0.25, 0.3) is 0 Å². The Morgan fingerprint density at radius 3 is 2.94 bits per heavy atom. The number of para-hydroxylation sites is 2. The molecule has 0 aliphatic carbocycles. The Bertz CT molecular complexity index is 444. The highest BCUT2D eigenvalue weighted by Crippen LogP contribution is 2.25. The Hall–Kier alpha value is -1.75. The maximum absolute atomic E-state index is 12.1. The van der Waals surface area contributed by atoms with Crippen molar-refractivity contribution in [3.05, 3.63) is 24.3 Å². The predicted molar refractivity (Wildman–Crippen MR) is 69.7 cm³/mol. The first kappa shape index (κ1) is 11.3. The number of hydrogen-bond acceptors (Lipinski definition) is 4. The molecule has 3 N–H and O–H groups in total. The minimum Gasteiger partial charge on any atom is -0.381 e. The Labute approximate surface area is 106 Å². The van der Waals surface area contributed by atoms with Gasteiger partial charge in [-0.05, 0) is 18.6 Å². The molecule has 0 bridgehead atoms. The topological polar surface area (TPSA) is 62.4 Å². The quantitative estimate of drug-likeness (QED) is 0.723. The SMILES string of the molecule is O=C(NC1CCOC1)C1CNc2ccccc2N1. The number of benzene rings is 1. The van der Waals surface area contributed by atoms with E-state index in [0.29, 0.717) is 13.2 Å². The van der Waals surface area contributed by atoms with Gasteiger partial charge in [0, 0.05) is 13.2 Å². The lowest BCUT2D eigenvalue weighted by Crippen LogP contribution is -2.49. The third-order valence-electron chi connectivity index (χ3n) is 3.35. The highest BCUT2D eigenvalue weighted by atomic mass is 16.5. The zero-order valence-electron chi connectivity index (χ0n) is 10.1. The van der Waals surface area contributed by atoms with Crippen molar-refractivity contribution in [3.63, 3.8) is 0 Å². The van der Waals surface area contributed by atoms with Gasteiger partial charge in [0.2, 0.25) is 5.91 Å². The minimum atomic E-state index is -0.222. The predicted octanol–water partition coefficient (Wildman–Crippen LogP) is 0.798. The zero-order valence-corrected chi connectivity index (χ0v) is 10.1. The van der Waals surface area contributed by atoms with Gasteiger partial charge in [0.15, 0.2) is 0 Å². The molecular formula is C13H17N3O2. The normalized spacial score (nSPS) is 25.8. The highest BCUT2D eigenvalue weighted by Gasteiger charge is 2.26. The smallest absolute Gasteiger partial charge is 0.244 e. The molecule has 5 nitrogen and oxygen atoms in total. The number of rotatable bonds is 2. The van der Waals surface area contributed by atoms with Crippen molar-refractivity contribution in [1.29, 1.82) is 0 Å². The van der Waals surface area contributed by atoms with E-state index in [-0.39, 0.29) is 18.0 Å². The van der Waals surface area contributed by atoms with Crippen LogP contribution in [0, 0.1) is 0 Å². The molecule has 1 saturated heterocycles. The summed E-state index contributed by atoms with van der Waals surface area (Å²) in [4.78, 5) is 12.1. The van der Waals surface area contributed by atoms with Gasteiger partial charge in [0.25, 0.3) is 0 Å². The number of nitrogens with one attached hydrogen (secondary N) is 3. The molecule has 1 aromatic rings. The monoisotopic (exact) mass is 247 g/mol. The molecule has 0 spiro atoms. The standard InChI is InChI=1S/C13H17N3O2/c17-13(15-9-5-6-18-8-9)12-7-14-10-3-1-2-4-11(10)16-12/h1-4,9,12,14,16H,5-8H2,(H,15,17). The van der Waals surface area contributed by atoms with Crippen LogP contribution in [0.15, 0.2) is 24.3 Å². The lowest BCUT2D eigenvalue weighted by Gasteiger charge is -2.28. The second-order valence-electron chi connectivity index (χ2n) is 4.69. The van der Waals surface area contributed by atoms with Gasteiger partial charge in [-0.2, -0.15) is 0 Å². The maximum Gasteiger partial charge on any atom is 0.244 e. The van der Waals surface area contributed by atoms with E-state index in [9.17, 15) is 4.79 Å². The third-order valence-corrected chi connectivity index (χ3v) is 3.35. The van der Waals surface area contributed by atoms with Crippen molar-refractivity contribution < 1.29 is 9.53 Å². The molecule has 2 aliphatic heterocycles. The second-order valence-corrected chi connectivity index (χ2v) is 4.69. The molecule has 2 heterocycles. The van der Waals surface area contributed by atoms with Gasteiger partial charge in [0.1, 0.15) is 6.04 Å². The van der Waals surface area contributed by atoms with Crippen LogP contribution in [0.5, 0.6) is 0 Å². The first-order valence-electron chi connectivity index (χ1n) is 6.30. The molecule has 0 saturated carbocycles. The fourth-order valence-corrected chi connectivity index (χ4v) is 2.32. The molecule has 5 heteroatoms. The molecule has 18 heavy (non-hydrogen) atoms. The summed E-state index contributed by atoms with van der Waals surface area (Å²) in [5.74, 6) is 0.0347. The molecule has 0 radical (unpaired) electrons. The maximum atomic E-state index is 12.1. The van der Waals surface area contributed by atoms with Gasteiger partial charge in [-0.15, -0.1) is 0 Å². The van der Waals surface area contributed by atoms with Gasteiger partial charge in [-0.3, -0.25) is 4.79 Å². The van der Waals surface area contributed by atoms with E-state index in [1.165, 1.54) is 0 Å². The van der Waals surface area contributed by atoms with Crippen LogP contribution in [0.3, 0.4) is 0 Å². The number of hydrogen-bond donors (Lipinski definition) is 3. The molecule has 2 unspecified atom stereocenters. The Balaban J connectivity index is 1.62. The van der Waals surface area contributed by atoms with E-state index < -0.39 is 0 Å². The number of carbonyl (C=O) groups excluding carboxylic acids is 1. The summed E-state index contributed by atoms with van der Waals surface area (Å²) in [6.45, 7) is 1.98. The summed E-state index contributed by atoms with van der Waals surface area (Å²) in [5, 5.41) is 9.53. The number of anilines is 2. The highest BCUT2D eigenvalue weighted by molar-refractivity contribution is 5.88. The van der Waals surface area contributed by atoms with E-state index in [0.717, 1.165) is 24.4 Å². The first-order valence-corrected chi connectivity index (χ1v) is 6.30. The van der Waals surface area contributed by atoms with E-state index in [2.05, 4.69) is 16.0 Å². The van der Waals surface area contributed by atoms with Crippen LogP contribution in [0.4, 0.5) is 11.4 Å². The van der Waals surface area contributed by atoms with Crippen molar-refractivity contribution in [2.45, 2.75) is 18.5 Å². The summed E-state index contributed by atoms with van der Waals surface area (Å²) in [6.07, 6.45) is 0.905. The number of ether oxygens (including phenoxy) is 1. The second kappa shape index (κ2) is 4.86. The number of amides is 1. The zero-order chi connectivity index (χ0) is 12.4. The molecular weight excluding hydrogens is 230 g/mol. The minimum absolute atomic E-state index is 0.0347. The number of fused-ring (bicyclic) bond motifs is 1. The Morgan fingerprint density at radius 2 is 2.17 bits per heavy atom. The summed E-state index contributed by atoms with van der Waals surface area (Å²) < 4.78 is 5.25. The fourth-order valence-electron chi connectivity index (χ4n) is 2.32. The molecule has 3 rings (SSSR count). The lowest BCUT2D eigenvalue weighted by molar-refractivity contribution is -0.122. The van der Waals surface area contributed by atoms with E-state index in [1.807, 2.05) is 24.3 Å². The summed E-state index contributed by atoms with van der Waals surface area (Å²) in [7, 11) is 0. The fraction of sp³-hybridized carbons (Fsp3) is 0.462. The van der Waals surface area contributed by atoms with E-state index >= 15 is 0 Å². The average molecular weight is 247 g/mol. The van der Waals surface area contributed by atoms with Crippen molar-refractivity contribution >= 4 is 17.3 Å². The van der Waals surface area contributed by atoms with Gasteiger partial charge < -0.3 is 20.7 Å². The van der Waals surface area contributed by atoms with Crippen molar-refractivity contribution in [3.8, 4) is 0 Å². The van der Waals surface area contributed by atoms with Gasteiger partial charge in [0.05, 0.1) is 24.0 Å². The molecule has 1 aromatic carbocycles.